The normalized spacial score (nSPS) is 12.0. The van der Waals surface area contributed by atoms with E-state index in [1.54, 1.807) is 0 Å². The van der Waals surface area contributed by atoms with E-state index in [-0.39, 0.29) is 31.1 Å². The summed E-state index contributed by atoms with van der Waals surface area (Å²) in [6, 6.07) is 0. The number of ether oxygens (including phenoxy) is 12. The van der Waals surface area contributed by atoms with Gasteiger partial charge in [0.05, 0.1) is 138 Å². The summed E-state index contributed by atoms with van der Waals surface area (Å²) in [6.07, 6.45) is 8.57. The average Bonchev–Trinajstić information content (AvgIpc) is 3.13. The molecule has 0 saturated carbocycles. The van der Waals surface area contributed by atoms with Crippen molar-refractivity contribution in [1.82, 2.24) is 0 Å². The monoisotopic (exact) mass is 740 g/mol. The molecule has 0 aliphatic rings. The number of hydrogen-bond donors (Lipinski definition) is 0. The van der Waals surface area contributed by atoms with Crippen molar-refractivity contribution in [2.24, 2.45) is 5.92 Å². The van der Waals surface area contributed by atoms with Gasteiger partial charge in [0, 0.05) is 6.42 Å². The quantitative estimate of drug-likeness (QED) is 0.0642. The third-order valence-electron chi connectivity index (χ3n) is 7.28. The summed E-state index contributed by atoms with van der Waals surface area (Å²) in [5, 5.41) is 0. The summed E-state index contributed by atoms with van der Waals surface area (Å²) >= 11 is 0. The fraction of sp³-hybridized carbons (Fsp3) is 0.946. The highest BCUT2D eigenvalue weighted by molar-refractivity contribution is 5.72. The van der Waals surface area contributed by atoms with Gasteiger partial charge in [0.15, 0.2) is 0 Å². The molecule has 14 heteroatoms. The van der Waals surface area contributed by atoms with Gasteiger partial charge in [-0.15, -0.1) is 0 Å². The highest BCUT2D eigenvalue weighted by Gasteiger charge is 2.17. The van der Waals surface area contributed by atoms with Crippen LogP contribution < -0.4 is 0 Å². The summed E-state index contributed by atoms with van der Waals surface area (Å²) in [6.45, 7) is 16.2. The molecular formula is C37H72O14. The van der Waals surface area contributed by atoms with Crippen LogP contribution in [0.25, 0.3) is 0 Å². The second-order valence-corrected chi connectivity index (χ2v) is 11.6. The first-order valence-electron chi connectivity index (χ1n) is 19.2. The Morgan fingerprint density at radius 2 is 0.686 bits per heavy atom. The molecule has 0 aliphatic heterocycles. The average molecular weight is 741 g/mol. The van der Waals surface area contributed by atoms with E-state index in [0.29, 0.717) is 139 Å². The minimum Gasteiger partial charge on any atom is -0.463 e. The second kappa shape index (κ2) is 42.9. The van der Waals surface area contributed by atoms with Crippen molar-refractivity contribution in [3.05, 3.63) is 0 Å². The molecule has 1 unspecified atom stereocenters. The zero-order valence-corrected chi connectivity index (χ0v) is 32.2. The van der Waals surface area contributed by atoms with Gasteiger partial charge in [-0.3, -0.25) is 9.59 Å². The first-order chi connectivity index (χ1) is 25.2. The lowest BCUT2D eigenvalue weighted by Crippen LogP contribution is -2.20. The van der Waals surface area contributed by atoms with E-state index in [2.05, 4.69) is 13.8 Å². The zero-order valence-electron chi connectivity index (χ0n) is 32.2. The highest BCUT2D eigenvalue weighted by Crippen LogP contribution is 2.14. The Kier molecular flexibility index (Phi) is 41.7. The van der Waals surface area contributed by atoms with Gasteiger partial charge in [0.25, 0.3) is 0 Å². The number of carbonyl (C=O) groups excluding carboxylic acids is 2. The van der Waals surface area contributed by atoms with Gasteiger partial charge in [0.1, 0.15) is 13.2 Å². The lowest BCUT2D eigenvalue weighted by Gasteiger charge is -2.13. The lowest BCUT2D eigenvalue weighted by atomic mass is 10.00. The van der Waals surface area contributed by atoms with Crippen molar-refractivity contribution in [3.63, 3.8) is 0 Å². The first-order valence-corrected chi connectivity index (χ1v) is 19.2. The standard InChI is InChI=1S/C37H72O14/c1-4-7-9-10-12-36(38)50-33-31-48-29-27-46-25-23-44-21-19-42-17-15-40-13-14-41-16-18-43-20-22-45-24-26-47-28-30-49-32-34-51-37(39)35(6-3)11-8-5-2/h35H,4-34H2,1-3H3. The molecule has 304 valence electrons. The molecule has 0 aromatic heterocycles. The van der Waals surface area contributed by atoms with Gasteiger partial charge in [0.2, 0.25) is 0 Å². The van der Waals surface area contributed by atoms with Crippen molar-refractivity contribution in [3.8, 4) is 0 Å². The van der Waals surface area contributed by atoms with Crippen LogP contribution in [0.15, 0.2) is 0 Å². The summed E-state index contributed by atoms with van der Waals surface area (Å²) in [5.41, 5.74) is 0. The van der Waals surface area contributed by atoms with E-state index in [9.17, 15) is 9.59 Å². The molecule has 0 amide bonds. The summed E-state index contributed by atoms with van der Waals surface area (Å²) in [5.74, 6) is -0.284. The molecule has 51 heavy (non-hydrogen) atoms. The van der Waals surface area contributed by atoms with Gasteiger partial charge >= 0.3 is 11.9 Å². The van der Waals surface area contributed by atoms with Crippen LogP contribution in [0.5, 0.6) is 0 Å². The van der Waals surface area contributed by atoms with Gasteiger partial charge < -0.3 is 56.8 Å². The third-order valence-corrected chi connectivity index (χ3v) is 7.28. The van der Waals surface area contributed by atoms with Crippen molar-refractivity contribution >= 4 is 11.9 Å². The van der Waals surface area contributed by atoms with E-state index in [1.165, 1.54) is 0 Å². The van der Waals surface area contributed by atoms with E-state index in [4.69, 9.17) is 56.8 Å². The minimum atomic E-state index is -0.155. The Bertz CT molecular complexity index is 715. The largest absolute Gasteiger partial charge is 0.463 e. The molecule has 0 aromatic carbocycles. The summed E-state index contributed by atoms with van der Waals surface area (Å²) in [4.78, 5) is 23.6. The zero-order chi connectivity index (χ0) is 37.1. The first kappa shape index (κ1) is 49.5. The Balaban J connectivity index is 3.16. The maximum absolute atomic E-state index is 12.0. The van der Waals surface area contributed by atoms with Crippen LogP contribution in [0.4, 0.5) is 0 Å². The van der Waals surface area contributed by atoms with Crippen LogP contribution in [-0.2, 0) is 66.4 Å². The molecule has 0 N–H and O–H groups in total. The highest BCUT2D eigenvalue weighted by atomic mass is 16.6. The second-order valence-electron chi connectivity index (χ2n) is 11.6. The summed E-state index contributed by atoms with van der Waals surface area (Å²) in [7, 11) is 0. The molecule has 0 aliphatic carbocycles. The predicted molar refractivity (Wildman–Crippen MR) is 192 cm³/mol. The van der Waals surface area contributed by atoms with Crippen LogP contribution in [-0.4, -0.2) is 157 Å². The fourth-order valence-electron chi connectivity index (χ4n) is 4.32. The summed E-state index contributed by atoms with van der Waals surface area (Å²) < 4.78 is 65.1. The fourth-order valence-corrected chi connectivity index (χ4v) is 4.32. The van der Waals surface area contributed by atoms with Crippen LogP contribution in [0.2, 0.25) is 0 Å². The van der Waals surface area contributed by atoms with Crippen LogP contribution in [0, 0.1) is 5.92 Å². The predicted octanol–water partition coefficient (Wildman–Crippen LogP) is 4.43. The van der Waals surface area contributed by atoms with Crippen molar-refractivity contribution in [2.45, 2.75) is 78.6 Å². The van der Waals surface area contributed by atoms with Crippen LogP contribution >= 0.6 is 0 Å². The molecule has 1 atom stereocenters. The Morgan fingerprint density at radius 3 is 1.00 bits per heavy atom. The molecule has 0 aromatic rings. The van der Waals surface area contributed by atoms with Gasteiger partial charge in [-0.25, -0.2) is 0 Å². The van der Waals surface area contributed by atoms with E-state index in [1.807, 2.05) is 6.92 Å². The van der Waals surface area contributed by atoms with Crippen LogP contribution in [0.1, 0.15) is 78.6 Å². The van der Waals surface area contributed by atoms with Crippen LogP contribution in [0.3, 0.4) is 0 Å². The molecule has 14 nitrogen and oxygen atoms in total. The van der Waals surface area contributed by atoms with Crippen molar-refractivity contribution in [2.75, 3.05) is 145 Å². The molecule has 0 fully saturated rings. The van der Waals surface area contributed by atoms with E-state index < -0.39 is 0 Å². The van der Waals surface area contributed by atoms with E-state index >= 15 is 0 Å². The molecule has 0 rings (SSSR count). The van der Waals surface area contributed by atoms with E-state index in [0.717, 1.165) is 51.4 Å². The lowest BCUT2D eigenvalue weighted by molar-refractivity contribution is -0.150. The number of rotatable bonds is 43. The number of unbranched alkanes of at least 4 members (excludes halogenated alkanes) is 4. The molecule has 0 saturated heterocycles. The maximum Gasteiger partial charge on any atom is 0.308 e. The Morgan fingerprint density at radius 1 is 0.373 bits per heavy atom. The minimum absolute atomic E-state index is 0.00672. The molecule has 0 radical (unpaired) electrons. The third kappa shape index (κ3) is 39.6. The van der Waals surface area contributed by atoms with Crippen molar-refractivity contribution < 1.29 is 66.4 Å². The topological polar surface area (TPSA) is 145 Å². The molecular weight excluding hydrogens is 668 g/mol. The van der Waals surface area contributed by atoms with Gasteiger partial charge in [-0.05, 0) is 19.3 Å². The number of esters is 2. The van der Waals surface area contributed by atoms with Gasteiger partial charge in [-0.2, -0.15) is 0 Å². The van der Waals surface area contributed by atoms with Crippen molar-refractivity contribution in [1.29, 1.82) is 0 Å². The Labute approximate surface area is 308 Å². The Hall–Kier alpha value is -1.46. The SMILES string of the molecule is CCCCCCC(=O)OCCOCCOCCOCCOCCOCCOCCOCCOCCOCCOCCOC(=O)C(CC)CCCC. The smallest absolute Gasteiger partial charge is 0.308 e. The molecule has 0 bridgehead atoms. The number of hydrogen-bond acceptors (Lipinski definition) is 14. The molecule has 0 heterocycles. The molecule has 0 spiro atoms. The maximum atomic E-state index is 12.0. The van der Waals surface area contributed by atoms with Gasteiger partial charge in [-0.1, -0.05) is 52.9 Å². The number of carbonyl (C=O) groups is 2.